The van der Waals surface area contributed by atoms with Crippen molar-refractivity contribution in [3.05, 3.63) is 70.8 Å². The summed E-state index contributed by atoms with van der Waals surface area (Å²) in [6, 6.07) is 15.8. The number of rotatable bonds is 6. The van der Waals surface area contributed by atoms with E-state index >= 15 is 0 Å². The first-order valence-electron chi connectivity index (χ1n) is 9.40. The monoisotopic (exact) mass is 363 g/mol. The second-order valence-electron chi connectivity index (χ2n) is 6.76. The number of ketones is 1. The summed E-state index contributed by atoms with van der Waals surface area (Å²) in [6.45, 7) is 5.51. The third-order valence-electron chi connectivity index (χ3n) is 4.67. The summed E-state index contributed by atoms with van der Waals surface area (Å²) < 4.78 is 5.00. The lowest BCUT2D eigenvalue weighted by Crippen LogP contribution is -2.35. The SMILES string of the molecule is CCOC(=O)CCCN1C/C(=C\c2ccc(C)cc2)C(=O)c2ccccc21. The van der Waals surface area contributed by atoms with Gasteiger partial charge in [0.05, 0.1) is 6.61 Å². The van der Waals surface area contributed by atoms with Crippen LogP contribution in [0.15, 0.2) is 54.1 Å². The van der Waals surface area contributed by atoms with Gasteiger partial charge in [-0.25, -0.2) is 0 Å². The fourth-order valence-electron chi connectivity index (χ4n) is 3.30. The van der Waals surface area contributed by atoms with Gasteiger partial charge in [-0.05, 0) is 44.0 Å². The molecule has 0 saturated carbocycles. The molecule has 2 aromatic carbocycles. The Hall–Kier alpha value is -2.88. The molecule has 4 nitrogen and oxygen atoms in total. The van der Waals surface area contributed by atoms with E-state index in [-0.39, 0.29) is 11.8 Å². The summed E-state index contributed by atoms with van der Waals surface area (Å²) >= 11 is 0. The molecule has 0 aromatic heterocycles. The number of aryl methyl sites for hydroxylation is 1. The van der Waals surface area contributed by atoms with Crippen molar-refractivity contribution in [2.24, 2.45) is 0 Å². The second-order valence-corrected chi connectivity index (χ2v) is 6.76. The summed E-state index contributed by atoms with van der Waals surface area (Å²) in [5.74, 6) is -0.0953. The zero-order valence-electron chi connectivity index (χ0n) is 15.9. The number of hydrogen-bond acceptors (Lipinski definition) is 4. The van der Waals surface area contributed by atoms with E-state index in [0.29, 0.717) is 32.5 Å². The number of ether oxygens (including phenoxy) is 1. The molecule has 3 rings (SSSR count). The van der Waals surface area contributed by atoms with Crippen LogP contribution in [0.2, 0.25) is 0 Å². The average Bonchev–Trinajstić information content (AvgIpc) is 2.67. The second kappa shape index (κ2) is 8.67. The Bertz CT molecular complexity index is 852. The van der Waals surface area contributed by atoms with Gasteiger partial charge in [-0.15, -0.1) is 0 Å². The molecule has 0 aliphatic carbocycles. The van der Waals surface area contributed by atoms with Gasteiger partial charge in [0, 0.05) is 36.3 Å². The van der Waals surface area contributed by atoms with Crippen LogP contribution in [0.4, 0.5) is 5.69 Å². The van der Waals surface area contributed by atoms with Gasteiger partial charge >= 0.3 is 5.97 Å². The van der Waals surface area contributed by atoms with Crippen LogP contribution in [0.3, 0.4) is 0 Å². The third kappa shape index (κ3) is 4.64. The minimum Gasteiger partial charge on any atom is -0.466 e. The van der Waals surface area contributed by atoms with Crippen LogP contribution in [0.1, 0.15) is 41.3 Å². The first-order chi connectivity index (χ1) is 13.1. The molecule has 0 fully saturated rings. The number of carbonyl (C=O) groups is 2. The van der Waals surface area contributed by atoms with E-state index in [1.807, 2.05) is 68.5 Å². The number of nitrogens with zero attached hydrogens (tertiary/aromatic N) is 1. The van der Waals surface area contributed by atoms with E-state index in [1.54, 1.807) is 0 Å². The maximum Gasteiger partial charge on any atom is 0.305 e. The van der Waals surface area contributed by atoms with Crippen molar-refractivity contribution in [3.63, 3.8) is 0 Å². The predicted octanol–water partition coefficient (Wildman–Crippen LogP) is 4.42. The van der Waals surface area contributed by atoms with Crippen LogP contribution in [0.5, 0.6) is 0 Å². The topological polar surface area (TPSA) is 46.6 Å². The lowest BCUT2D eigenvalue weighted by molar-refractivity contribution is -0.143. The fraction of sp³-hybridized carbons (Fsp3) is 0.304. The summed E-state index contributed by atoms with van der Waals surface area (Å²) in [4.78, 5) is 26.7. The largest absolute Gasteiger partial charge is 0.466 e. The van der Waals surface area contributed by atoms with E-state index in [1.165, 1.54) is 5.56 Å². The first kappa shape index (κ1) is 18.9. The van der Waals surface area contributed by atoms with Crippen molar-refractivity contribution < 1.29 is 14.3 Å². The number of carbonyl (C=O) groups excluding carboxylic acids is 2. The number of para-hydroxylation sites is 1. The molecular weight excluding hydrogens is 338 g/mol. The molecule has 0 spiro atoms. The highest BCUT2D eigenvalue weighted by Crippen LogP contribution is 2.30. The number of fused-ring (bicyclic) bond motifs is 1. The summed E-state index contributed by atoms with van der Waals surface area (Å²) in [5.41, 5.74) is 4.65. The van der Waals surface area contributed by atoms with Gasteiger partial charge in [-0.1, -0.05) is 42.0 Å². The fourth-order valence-corrected chi connectivity index (χ4v) is 3.30. The number of benzene rings is 2. The molecule has 2 aromatic rings. The molecular formula is C23H25NO3. The zero-order valence-corrected chi connectivity index (χ0v) is 15.9. The molecule has 0 amide bonds. The standard InChI is InChI=1S/C23H25NO3/c1-3-27-22(25)9-6-14-24-16-19(15-18-12-10-17(2)11-13-18)23(26)20-7-4-5-8-21(20)24/h4-5,7-8,10-13,15H,3,6,9,14,16H2,1-2H3/b19-15+. The summed E-state index contributed by atoms with van der Waals surface area (Å²) in [5, 5.41) is 0. The van der Waals surface area contributed by atoms with Crippen molar-refractivity contribution in [3.8, 4) is 0 Å². The van der Waals surface area contributed by atoms with Crippen molar-refractivity contribution in [2.45, 2.75) is 26.7 Å². The third-order valence-corrected chi connectivity index (χ3v) is 4.67. The van der Waals surface area contributed by atoms with Crippen molar-refractivity contribution in [1.82, 2.24) is 0 Å². The Morgan fingerprint density at radius 1 is 1.15 bits per heavy atom. The maximum atomic E-state index is 12.9. The van der Waals surface area contributed by atoms with Gasteiger partial charge in [0.25, 0.3) is 0 Å². The van der Waals surface area contributed by atoms with Crippen molar-refractivity contribution in [2.75, 3.05) is 24.6 Å². The molecule has 27 heavy (non-hydrogen) atoms. The smallest absolute Gasteiger partial charge is 0.305 e. The molecule has 0 bridgehead atoms. The van der Waals surface area contributed by atoms with E-state index < -0.39 is 0 Å². The van der Waals surface area contributed by atoms with E-state index in [0.717, 1.165) is 22.4 Å². The molecule has 0 unspecified atom stereocenters. The quantitative estimate of drug-likeness (QED) is 0.563. The van der Waals surface area contributed by atoms with Crippen LogP contribution < -0.4 is 4.90 Å². The Kier molecular flexibility index (Phi) is 6.07. The Morgan fingerprint density at radius 2 is 1.89 bits per heavy atom. The first-order valence-corrected chi connectivity index (χ1v) is 9.40. The van der Waals surface area contributed by atoms with E-state index in [2.05, 4.69) is 4.90 Å². The summed E-state index contributed by atoms with van der Waals surface area (Å²) in [6.07, 6.45) is 3.05. The highest BCUT2D eigenvalue weighted by atomic mass is 16.5. The average molecular weight is 363 g/mol. The van der Waals surface area contributed by atoms with E-state index in [4.69, 9.17) is 4.74 Å². The number of esters is 1. The minimum absolute atomic E-state index is 0.0767. The van der Waals surface area contributed by atoms with Gasteiger partial charge < -0.3 is 9.64 Å². The molecule has 1 aliphatic heterocycles. The number of anilines is 1. The molecule has 0 N–H and O–H groups in total. The van der Waals surface area contributed by atoms with Gasteiger partial charge in [0.2, 0.25) is 0 Å². The molecule has 0 atom stereocenters. The van der Waals surface area contributed by atoms with Crippen LogP contribution in [-0.2, 0) is 9.53 Å². The van der Waals surface area contributed by atoms with Gasteiger partial charge in [-0.3, -0.25) is 9.59 Å². The number of hydrogen-bond donors (Lipinski definition) is 0. The van der Waals surface area contributed by atoms with Crippen LogP contribution in [-0.4, -0.2) is 31.4 Å². The molecule has 0 saturated heterocycles. The van der Waals surface area contributed by atoms with Gasteiger partial charge in [0.1, 0.15) is 0 Å². The number of Topliss-reactive ketones (excluding diaryl/α,β-unsaturated/α-hetero) is 1. The molecule has 1 aliphatic rings. The highest BCUT2D eigenvalue weighted by Gasteiger charge is 2.26. The minimum atomic E-state index is -0.172. The van der Waals surface area contributed by atoms with Crippen LogP contribution in [0.25, 0.3) is 6.08 Å². The lowest BCUT2D eigenvalue weighted by atomic mass is 9.94. The maximum absolute atomic E-state index is 12.9. The molecule has 1 heterocycles. The van der Waals surface area contributed by atoms with Crippen LogP contribution in [0, 0.1) is 6.92 Å². The predicted molar refractivity (Wildman–Crippen MR) is 108 cm³/mol. The lowest BCUT2D eigenvalue weighted by Gasteiger charge is -2.32. The van der Waals surface area contributed by atoms with Gasteiger partial charge in [-0.2, -0.15) is 0 Å². The Labute approximate surface area is 160 Å². The van der Waals surface area contributed by atoms with Gasteiger partial charge in [0.15, 0.2) is 5.78 Å². The summed E-state index contributed by atoms with van der Waals surface area (Å²) in [7, 11) is 0. The normalized spacial score (nSPS) is 15.0. The Morgan fingerprint density at radius 3 is 2.63 bits per heavy atom. The van der Waals surface area contributed by atoms with Crippen molar-refractivity contribution in [1.29, 1.82) is 0 Å². The highest BCUT2D eigenvalue weighted by molar-refractivity contribution is 6.16. The van der Waals surface area contributed by atoms with Crippen LogP contribution >= 0.6 is 0 Å². The Balaban J connectivity index is 1.81. The van der Waals surface area contributed by atoms with E-state index in [9.17, 15) is 9.59 Å². The molecule has 140 valence electrons. The zero-order chi connectivity index (χ0) is 19.2. The van der Waals surface area contributed by atoms with Crippen molar-refractivity contribution >= 4 is 23.5 Å². The molecule has 0 radical (unpaired) electrons. The molecule has 4 heteroatoms.